The first kappa shape index (κ1) is 10.3. The smallest absolute Gasteiger partial charge is 0.407 e. The molecule has 1 amide bonds. The van der Waals surface area contributed by atoms with E-state index >= 15 is 0 Å². The number of nitrogens with one attached hydrogen (secondary N) is 1. The summed E-state index contributed by atoms with van der Waals surface area (Å²) in [5, 5.41) is 2.75. The molecule has 1 rings (SSSR count). The SMILES string of the molecule is CN1CC(OC(=O)NC(C)(C)C)C1. The Bertz CT molecular complexity index is 192. The van der Waals surface area contributed by atoms with Crippen LogP contribution in [0, 0.1) is 0 Å². The lowest BCUT2D eigenvalue weighted by Crippen LogP contribution is -2.53. The number of likely N-dealkylation sites (N-methyl/N-ethyl adjacent to an activating group) is 1. The van der Waals surface area contributed by atoms with Crippen LogP contribution >= 0.6 is 0 Å². The largest absolute Gasteiger partial charge is 0.444 e. The molecule has 1 aliphatic rings. The van der Waals surface area contributed by atoms with Crippen LogP contribution in [-0.4, -0.2) is 42.8 Å². The molecular formula is C9H18N2O2. The number of rotatable bonds is 1. The van der Waals surface area contributed by atoms with Crippen LogP contribution in [0.4, 0.5) is 4.79 Å². The number of carbonyl (C=O) groups is 1. The van der Waals surface area contributed by atoms with Gasteiger partial charge in [-0.25, -0.2) is 4.79 Å². The van der Waals surface area contributed by atoms with Crippen molar-refractivity contribution in [1.82, 2.24) is 10.2 Å². The highest BCUT2D eigenvalue weighted by Crippen LogP contribution is 2.09. The molecule has 13 heavy (non-hydrogen) atoms. The van der Waals surface area contributed by atoms with E-state index in [0.717, 1.165) is 13.1 Å². The zero-order valence-electron chi connectivity index (χ0n) is 8.76. The van der Waals surface area contributed by atoms with E-state index in [-0.39, 0.29) is 17.7 Å². The summed E-state index contributed by atoms with van der Waals surface area (Å²) in [4.78, 5) is 13.3. The Morgan fingerprint density at radius 1 is 1.46 bits per heavy atom. The first-order valence-corrected chi connectivity index (χ1v) is 4.54. The van der Waals surface area contributed by atoms with Crippen molar-refractivity contribution in [3.63, 3.8) is 0 Å². The highest BCUT2D eigenvalue weighted by Gasteiger charge is 2.27. The minimum atomic E-state index is -0.314. The van der Waals surface area contributed by atoms with Crippen LogP contribution in [0.2, 0.25) is 0 Å². The Balaban J connectivity index is 2.19. The molecule has 0 unspecified atom stereocenters. The van der Waals surface area contributed by atoms with E-state index < -0.39 is 0 Å². The van der Waals surface area contributed by atoms with E-state index in [4.69, 9.17) is 4.74 Å². The number of nitrogens with zero attached hydrogens (tertiary/aromatic N) is 1. The van der Waals surface area contributed by atoms with E-state index in [1.165, 1.54) is 0 Å². The number of likely N-dealkylation sites (tertiary alicyclic amines) is 1. The fraction of sp³-hybridized carbons (Fsp3) is 0.889. The highest BCUT2D eigenvalue weighted by molar-refractivity contribution is 5.68. The molecule has 4 heteroatoms. The van der Waals surface area contributed by atoms with Crippen molar-refractivity contribution in [2.24, 2.45) is 0 Å². The summed E-state index contributed by atoms with van der Waals surface area (Å²) >= 11 is 0. The second kappa shape index (κ2) is 3.54. The minimum Gasteiger partial charge on any atom is -0.444 e. The second-order valence-corrected chi connectivity index (χ2v) is 4.62. The molecular weight excluding hydrogens is 168 g/mol. The molecule has 1 N–H and O–H groups in total. The summed E-state index contributed by atoms with van der Waals surface area (Å²) < 4.78 is 5.14. The molecule has 0 aromatic heterocycles. The summed E-state index contributed by atoms with van der Waals surface area (Å²) in [6.45, 7) is 7.48. The average molecular weight is 186 g/mol. The van der Waals surface area contributed by atoms with E-state index in [2.05, 4.69) is 10.2 Å². The van der Waals surface area contributed by atoms with Crippen molar-refractivity contribution in [2.75, 3.05) is 20.1 Å². The van der Waals surface area contributed by atoms with Crippen LogP contribution < -0.4 is 5.32 Å². The second-order valence-electron chi connectivity index (χ2n) is 4.62. The predicted octanol–water partition coefficient (Wildman–Crippen LogP) is 0.825. The molecule has 1 fully saturated rings. The molecule has 0 radical (unpaired) electrons. The summed E-state index contributed by atoms with van der Waals surface area (Å²) in [5.41, 5.74) is -0.216. The number of ether oxygens (including phenoxy) is 1. The Kier molecular flexibility index (Phi) is 2.81. The maximum absolute atomic E-state index is 11.2. The highest BCUT2D eigenvalue weighted by atomic mass is 16.6. The molecule has 0 bridgehead atoms. The maximum Gasteiger partial charge on any atom is 0.407 e. The number of hydrogen-bond donors (Lipinski definition) is 1. The van der Waals surface area contributed by atoms with Crippen molar-refractivity contribution < 1.29 is 9.53 Å². The molecule has 0 spiro atoms. The molecule has 1 saturated heterocycles. The van der Waals surface area contributed by atoms with Gasteiger partial charge in [-0.3, -0.25) is 4.90 Å². The lowest BCUT2D eigenvalue weighted by atomic mass is 10.1. The third kappa shape index (κ3) is 3.63. The van der Waals surface area contributed by atoms with Crippen LogP contribution in [0.1, 0.15) is 20.8 Å². The molecule has 1 heterocycles. The lowest BCUT2D eigenvalue weighted by Gasteiger charge is -2.35. The van der Waals surface area contributed by atoms with Gasteiger partial charge in [0.1, 0.15) is 6.10 Å². The third-order valence-electron chi connectivity index (χ3n) is 1.78. The van der Waals surface area contributed by atoms with Gasteiger partial charge in [0, 0.05) is 18.6 Å². The first-order chi connectivity index (χ1) is 5.87. The first-order valence-electron chi connectivity index (χ1n) is 4.54. The van der Waals surface area contributed by atoms with Gasteiger partial charge in [0.25, 0.3) is 0 Å². The number of alkyl carbamates (subject to hydrolysis) is 1. The molecule has 0 saturated carbocycles. The molecule has 0 aromatic rings. The predicted molar refractivity (Wildman–Crippen MR) is 50.7 cm³/mol. The van der Waals surface area contributed by atoms with Gasteiger partial charge in [0.2, 0.25) is 0 Å². The zero-order chi connectivity index (χ0) is 10.1. The molecule has 0 atom stereocenters. The molecule has 1 aliphatic heterocycles. The Morgan fingerprint density at radius 3 is 2.38 bits per heavy atom. The van der Waals surface area contributed by atoms with Crippen LogP contribution in [0.15, 0.2) is 0 Å². The monoisotopic (exact) mass is 186 g/mol. The van der Waals surface area contributed by atoms with Crippen molar-refractivity contribution in [2.45, 2.75) is 32.4 Å². The summed E-state index contributed by atoms with van der Waals surface area (Å²) in [6, 6.07) is 0. The zero-order valence-corrected chi connectivity index (χ0v) is 8.76. The lowest BCUT2D eigenvalue weighted by molar-refractivity contribution is -0.00165. The minimum absolute atomic E-state index is 0.0762. The van der Waals surface area contributed by atoms with Gasteiger partial charge in [0.05, 0.1) is 0 Å². The van der Waals surface area contributed by atoms with Gasteiger partial charge < -0.3 is 10.1 Å². The standard InChI is InChI=1S/C9H18N2O2/c1-9(2,3)10-8(12)13-7-5-11(4)6-7/h7H,5-6H2,1-4H3,(H,10,12). The van der Waals surface area contributed by atoms with E-state index in [1.807, 2.05) is 27.8 Å². The molecule has 0 aromatic carbocycles. The topological polar surface area (TPSA) is 41.6 Å². The van der Waals surface area contributed by atoms with Crippen LogP contribution in [0.5, 0.6) is 0 Å². The summed E-state index contributed by atoms with van der Waals surface area (Å²) in [6.07, 6.45) is -0.238. The van der Waals surface area contributed by atoms with E-state index in [1.54, 1.807) is 0 Å². The number of carbonyl (C=O) groups excluding carboxylic acids is 1. The third-order valence-corrected chi connectivity index (χ3v) is 1.78. The Morgan fingerprint density at radius 2 is 2.00 bits per heavy atom. The van der Waals surface area contributed by atoms with Crippen molar-refractivity contribution in [3.05, 3.63) is 0 Å². The number of amides is 1. The molecule has 0 aliphatic carbocycles. The van der Waals surface area contributed by atoms with E-state index in [0.29, 0.717) is 0 Å². The average Bonchev–Trinajstić information content (AvgIpc) is 1.79. The van der Waals surface area contributed by atoms with Gasteiger partial charge in [-0.15, -0.1) is 0 Å². The fourth-order valence-corrected chi connectivity index (χ4v) is 1.20. The van der Waals surface area contributed by atoms with Crippen LogP contribution in [-0.2, 0) is 4.74 Å². The quantitative estimate of drug-likeness (QED) is 0.659. The summed E-state index contributed by atoms with van der Waals surface area (Å²) in [7, 11) is 2.00. The van der Waals surface area contributed by atoms with Crippen LogP contribution in [0.3, 0.4) is 0 Å². The Labute approximate surface area is 79.2 Å². The van der Waals surface area contributed by atoms with Crippen molar-refractivity contribution in [3.8, 4) is 0 Å². The van der Waals surface area contributed by atoms with Crippen molar-refractivity contribution in [1.29, 1.82) is 0 Å². The van der Waals surface area contributed by atoms with Crippen LogP contribution in [0.25, 0.3) is 0 Å². The Hall–Kier alpha value is -0.770. The van der Waals surface area contributed by atoms with E-state index in [9.17, 15) is 4.79 Å². The molecule has 4 nitrogen and oxygen atoms in total. The number of hydrogen-bond acceptors (Lipinski definition) is 3. The normalized spacial score (nSPS) is 19.4. The summed E-state index contributed by atoms with van der Waals surface area (Å²) in [5.74, 6) is 0. The fourth-order valence-electron chi connectivity index (χ4n) is 1.20. The van der Waals surface area contributed by atoms with Gasteiger partial charge in [-0.05, 0) is 27.8 Å². The maximum atomic E-state index is 11.2. The van der Waals surface area contributed by atoms with Gasteiger partial charge >= 0.3 is 6.09 Å². The van der Waals surface area contributed by atoms with Crippen molar-refractivity contribution >= 4 is 6.09 Å². The molecule has 76 valence electrons. The van der Waals surface area contributed by atoms with Gasteiger partial charge in [-0.1, -0.05) is 0 Å². The van der Waals surface area contributed by atoms with Gasteiger partial charge in [-0.2, -0.15) is 0 Å². The van der Waals surface area contributed by atoms with Gasteiger partial charge in [0.15, 0.2) is 0 Å².